The molecule has 0 aliphatic heterocycles. The fraction of sp³-hybridized carbons (Fsp3) is 0.423. The number of Topliss-reactive ketones (excluding diaryl/α,β-unsaturated/α-hetero) is 1. The molecule has 0 saturated heterocycles. The quantitative estimate of drug-likeness (QED) is 0.334. The molecule has 0 spiro atoms. The number of hydrogen-bond acceptors (Lipinski definition) is 5. The lowest BCUT2D eigenvalue weighted by Crippen LogP contribution is -2.42. The van der Waals surface area contributed by atoms with Crippen LogP contribution in [-0.4, -0.2) is 29.9 Å². The summed E-state index contributed by atoms with van der Waals surface area (Å²) in [5.41, 5.74) is -0.123. The number of ketones is 1. The van der Waals surface area contributed by atoms with E-state index in [1.165, 1.54) is 0 Å². The van der Waals surface area contributed by atoms with Crippen molar-refractivity contribution in [3.63, 3.8) is 0 Å². The van der Waals surface area contributed by atoms with Gasteiger partial charge in [0.2, 0.25) is 0 Å². The van der Waals surface area contributed by atoms with Crippen LogP contribution in [0.5, 0.6) is 0 Å². The molecule has 0 aromatic heterocycles. The molecule has 0 saturated carbocycles. The summed E-state index contributed by atoms with van der Waals surface area (Å²) in [6.45, 7) is 11.7. The first-order chi connectivity index (χ1) is 14.4. The fourth-order valence-corrected chi connectivity index (χ4v) is 3.01. The molecular weight excluding hydrogens is 392 g/mol. The van der Waals surface area contributed by atoms with Crippen LogP contribution < -0.4 is 0 Å². The molecule has 0 N–H and O–H groups in total. The van der Waals surface area contributed by atoms with E-state index in [1.54, 1.807) is 54.6 Å². The summed E-state index contributed by atoms with van der Waals surface area (Å²) >= 11 is 0. The number of benzene rings is 2. The number of carbonyl (C=O) groups is 3. The SMILES string of the molecule is CC(C)(C)C(CC(OC(=O)c1ccccc1)C(C)(C)C)OC(=O)C(=O)c1ccccc1. The third kappa shape index (κ3) is 7.06. The summed E-state index contributed by atoms with van der Waals surface area (Å²) in [4.78, 5) is 37.8. The number of rotatable bonds is 7. The van der Waals surface area contributed by atoms with Gasteiger partial charge in [0.25, 0.3) is 5.78 Å². The smallest absolute Gasteiger partial charge is 0.379 e. The molecule has 2 atom stereocenters. The second-order valence-electron chi connectivity index (χ2n) is 9.82. The Bertz CT molecular complexity index is 889. The first-order valence-electron chi connectivity index (χ1n) is 10.5. The van der Waals surface area contributed by atoms with Crippen molar-refractivity contribution in [1.82, 2.24) is 0 Å². The molecule has 31 heavy (non-hydrogen) atoms. The molecule has 5 nitrogen and oxygen atoms in total. The molecular formula is C26H32O5. The normalized spacial score (nSPS) is 13.7. The number of esters is 2. The monoisotopic (exact) mass is 424 g/mol. The summed E-state index contributed by atoms with van der Waals surface area (Å²) in [6, 6.07) is 17.1. The Balaban J connectivity index is 2.20. The van der Waals surface area contributed by atoms with Crippen molar-refractivity contribution in [2.75, 3.05) is 0 Å². The van der Waals surface area contributed by atoms with Gasteiger partial charge in [-0.05, 0) is 23.0 Å². The predicted octanol–water partition coefficient (Wildman–Crippen LogP) is 5.49. The molecule has 0 radical (unpaired) electrons. The van der Waals surface area contributed by atoms with Crippen molar-refractivity contribution in [3.05, 3.63) is 71.8 Å². The third-order valence-corrected chi connectivity index (χ3v) is 5.09. The summed E-state index contributed by atoms with van der Waals surface area (Å²) in [5.74, 6) is -2.03. The van der Waals surface area contributed by atoms with Crippen LogP contribution in [0.1, 0.15) is 68.7 Å². The molecule has 2 rings (SSSR count). The summed E-state index contributed by atoms with van der Waals surface area (Å²) < 4.78 is 11.5. The van der Waals surface area contributed by atoms with Gasteiger partial charge in [-0.3, -0.25) is 4.79 Å². The van der Waals surface area contributed by atoms with Gasteiger partial charge < -0.3 is 9.47 Å². The van der Waals surface area contributed by atoms with Crippen LogP contribution in [0.15, 0.2) is 60.7 Å². The predicted molar refractivity (Wildman–Crippen MR) is 120 cm³/mol. The number of carbonyl (C=O) groups excluding carboxylic acids is 3. The Morgan fingerprint density at radius 3 is 1.55 bits per heavy atom. The third-order valence-electron chi connectivity index (χ3n) is 5.09. The first kappa shape index (κ1) is 24.3. The van der Waals surface area contributed by atoms with Crippen LogP contribution in [0.2, 0.25) is 0 Å². The highest BCUT2D eigenvalue weighted by Crippen LogP contribution is 2.34. The first-order valence-corrected chi connectivity index (χ1v) is 10.5. The topological polar surface area (TPSA) is 69.7 Å². The Morgan fingerprint density at radius 2 is 1.10 bits per heavy atom. The van der Waals surface area contributed by atoms with E-state index >= 15 is 0 Å². The van der Waals surface area contributed by atoms with Gasteiger partial charge in [-0.1, -0.05) is 90.1 Å². The summed E-state index contributed by atoms with van der Waals surface area (Å²) in [5, 5.41) is 0. The Kier molecular flexibility index (Phi) is 7.77. The highest BCUT2D eigenvalue weighted by atomic mass is 16.6. The van der Waals surface area contributed by atoms with Crippen molar-refractivity contribution in [2.24, 2.45) is 10.8 Å². The van der Waals surface area contributed by atoms with E-state index in [0.29, 0.717) is 5.56 Å². The van der Waals surface area contributed by atoms with Gasteiger partial charge in [0.15, 0.2) is 0 Å². The van der Waals surface area contributed by atoms with Gasteiger partial charge in [0, 0.05) is 12.0 Å². The zero-order chi connectivity index (χ0) is 23.2. The minimum Gasteiger partial charge on any atom is -0.458 e. The van der Waals surface area contributed by atoms with E-state index < -0.39 is 40.8 Å². The molecule has 0 heterocycles. The molecule has 166 valence electrons. The van der Waals surface area contributed by atoms with Crippen molar-refractivity contribution >= 4 is 17.7 Å². The Labute approximate surface area is 184 Å². The van der Waals surface area contributed by atoms with Gasteiger partial charge in [0.05, 0.1) is 5.56 Å². The van der Waals surface area contributed by atoms with E-state index in [2.05, 4.69) is 0 Å². The number of ether oxygens (including phenoxy) is 2. The highest BCUT2D eigenvalue weighted by molar-refractivity contribution is 6.40. The van der Waals surface area contributed by atoms with Crippen LogP contribution in [0.4, 0.5) is 0 Å². The van der Waals surface area contributed by atoms with Gasteiger partial charge >= 0.3 is 11.9 Å². The van der Waals surface area contributed by atoms with Gasteiger partial charge in [0.1, 0.15) is 12.2 Å². The fourth-order valence-electron chi connectivity index (χ4n) is 3.01. The standard InChI is InChI=1S/C26H32O5/c1-25(2,3)20(30-23(28)19-15-11-8-12-16-19)17-21(26(4,5)6)31-24(29)22(27)18-13-9-7-10-14-18/h7-16,20-21H,17H2,1-6H3. The lowest BCUT2D eigenvalue weighted by atomic mass is 9.79. The van der Waals surface area contributed by atoms with Crippen molar-refractivity contribution in [1.29, 1.82) is 0 Å². The largest absolute Gasteiger partial charge is 0.458 e. The second-order valence-corrected chi connectivity index (χ2v) is 9.82. The van der Waals surface area contributed by atoms with Crippen LogP contribution in [-0.2, 0) is 14.3 Å². The zero-order valence-electron chi connectivity index (χ0n) is 19.2. The zero-order valence-corrected chi connectivity index (χ0v) is 19.2. The summed E-state index contributed by atoms with van der Waals surface area (Å²) in [7, 11) is 0. The maximum atomic E-state index is 12.7. The Morgan fingerprint density at radius 1 is 0.677 bits per heavy atom. The molecule has 0 amide bonds. The van der Waals surface area contributed by atoms with Crippen LogP contribution in [0, 0.1) is 10.8 Å². The molecule has 0 aliphatic rings. The molecule has 0 fully saturated rings. The van der Waals surface area contributed by atoms with Crippen molar-refractivity contribution in [3.8, 4) is 0 Å². The lowest BCUT2D eigenvalue weighted by molar-refractivity contribution is -0.152. The van der Waals surface area contributed by atoms with Crippen LogP contribution >= 0.6 is 0 Å². The molecule has 2 aromatic rings. The maximum absolute atomic E-state index is 12.7. The van der Waals surface area contributed by atoms with Crippen LogP contribution in [0.25, 0.3) is 0 Å². The minimum atomic E-state index is -0.909. The second kappa shape index (κ2) is 9.90. The van der Waals surface area contributed by atoms with Gasteiger partial charge in [-0.2, -0.15) is 0 Å². The number of hydrogen-bond donors (Lipinski definition) is 0. The lowest BCUT2D eigenvalue weighted by Gasteiger charge is -2.37. The molecule has 5 heteroatoms. The van der Waals surface area contributed by atoms with E-state index in [1.807, 2.05) is 47.6 Å². The molecule has 0 bridgehead atoms. The molecule has 0 aliphatic carbocycles. The Hall–Kier alpha value is -2.95. The van der Waals surface area contributed by atoms with E-state index in [-0.39, 0.29) is 12.0 Å². The van der Waals surface area contributed by atoms with E-state index in [9.17, 15) is 14.4 Å². The van der Waals surface area contributed by atoms with Gasteiger partial charge in [-0.25, -0.2) is 9.59 Å². The van der Waals surface area contributed by atoms with Crippen LogP contribution in [0.3, 0.4) is 0 Å². The average Bonchev–Trinajstić information content (AvgIpc) is 2.71. The maximum Gasteiger partial charge on any atom is 0.379 e. The average molecular weight is 425 g/mol. The van der Waals surface area contributed by atoms with Gasteiger partial charge in [-0.15, -0.1) is 0 Å². The van der Waals surface area contributed by atoms with Crippen molar-refractivity contribution in [2.45, 2.75) is 60.2 Å². The van der Waals surface area contributed by atoms with E-state index in [0.717, 1.165) is 0 Å². The molecule has 2 unspecified atom stereocenters. The highest BCUT2D eigenvalue weighted by Gasteiger charge is 2.38. The summed E-state index contributed by atoms with van der Waals surface area (Å²) in [6.07, 6.45) is -0.871. The van der Waals surface area contributed by atoms with E-state index in [4.69, 9.17) is 9.47 Å². The van der Waals surface area contributed by atoms with Crippen molar-refractivity contribution < 1.29 is 23.9 Å². The molecule has 2 aromatic carbocycles. The minimum absolute atomic E-state index is 0.277.